The molecule has 0 radical (unpaired) electrons. The van der Waals surface area contributed by atoms with Crippen LogP contribution in [0.25, 0.3) is 11.1 Å². The molecule has 0 bridgehead atoms. The van der Waals surface area contributed by atoms with Gasteiger partial charge in [-0.15, -0.1) is 0 Å². The van der Waals surface area contributed by atoms with E-state index >= 15 is 0 Å². The highest BCUT2D eigenvalue weighted by Crippen LogP contribution is 2.50. The standard InChI is InChI=1S/C28H31N3O5S/c1-3-19-11-22(21-5-4-20-6-9-35-15-23(20)12-21)10-18(2)24(19)13-25(32)30-37(33,34)26-14-31-16-28(7-8-28)17-36-27(31)29-26/h4-5,10-12,14H,3,6-9,13,15-17H2,1-2H3,(H,30,32). The van der Waals surface area contributed by atoms with Gasteiger partial charge in [0.2, 0.25) is 5.91 Å². The summed E-state index contributed by atoms with van der Waals surface area (Å²) in [7, 11) is -4.11. The zero-order chi connectivity index (χ0) is 25.8. The topological polar surface area (TPSA) is 99.5 Å². The number of aryl methyl sites for hydroxylation is 2. The van der Waals surface area contributed by atoms with Crippen LogP contribution in [-0.2, 0) is 52.0 Å². The van der Waals surface area contributed by atoms with Gasteiger partial charge in [0.1, 0.15) is 0 Å². The Labute approximate surface area is 217 Å². The Balaban J connectivity index is 1.20. The highest BCUT2D eigenvalue weighted by atomic mass is 32.2. The van der Waals surface area contributed by atoms with E-state index in [1.54, 1.807) is 4.57 Å². The zero-order valence-electron chi connectivity index (χ0n) is 21.2. The van der Waals surface area contributed by atoms with Gasteiger partial charge in [-0.1, -0.05) is 31.2 Å². The normalized spacial score (nSPS) is 17.6. The van der Waals surface area contributed by atoms with Crippen molar-refractivity contribution in [3.05, 3.63) is 64.3 Å². The average molecular weight is 522 g/mol. The van der Waals surface area contributed by atoms with Crippen molar-refractivity contribution in [2.24, 2.45) is 5.41 Å². The van der Waals surface area contributed by atoms with Crippen LogP contribution in [0.2, 0.25) is 0 Å². The molecule has 3 heterocycles. The molecule has 9 heteroatoms. The number of carbonyl (C=O) groups is 1. The van der Waals surface area contributed by atoms with Gasteiger partial charge in [-0.05, 0) is 77.6 Å². The van der Waals surface area contributed by atoms with Crippen molar-refractivity contribution in [3.8, 4) is 17.1 Å². The number of amides is 1. The predicted octanol–water partition coefficient (Wildman–Crippen LogP) is 3.71. The fourth-order valence-electron chi connectivity index (χ4n) is 5.41. The third-order valence-corrected chi connectivity index (χ3v) is 9.05. The van der Waals surface area contributed by atoms with Crippen LogP contribution >= 0.6 is 0 Å². The zero-order valence-corrected chi connectivity index (χ0v) is 22.0. The number of nitrogens with one attached hydrogen (secondary N) is 1. The number of ether oxygens (including phenoxy) is 2. The van der Waals surface area contributed by atoms with E-state index in [0.29, 0.717) is 25.8 Å². The molecule has 194 valence electrons. The van der Waals surface area contributed by atoms with Gasteiger partial charge in [0.05, 0.1) is 26.2 Å². The molecule has 1 aliphatic carbocycles. The second kappa shape index (κ2) is 8.99. The lowest BCUT2D eigenvalue weighted by molar-refractivity contribution is -0.118. The summed E-state index contributed by atoms with van der Waals surface area (Å²) in [5, 5.41) is -0.187. The van der Waals surface area contributed by atoms with Gasteiger partial charge in [-0.25, -0.2) is 4.72 Å². The number of imidazole rings is 1. The minimum absolute atomic E-state index is 0.0281. The van der Waals surface area contributed by atoms with Crippen LogP contribution in [0.5, 0.6) is 6.01 Å². The Bertz CT molecular complexity index is 1500. The summed E-state index contributed by atoms with van der Waals surface area (Å²) >= 11 is 0. The number of hydrogen-bond acceptors (Lipinski definition) is 6. The molecule has 2 aliphatic heterocycles. The van der Waals surface area contributed by atoms with E-state index in [2.05, 4.69) is 40.0 Å². The fraction of sp³-hybridized carbons (Fsp3) is 0.429. The maximum Gasteiger partial charge on any atom is 0.297 e. The summed E-state index contributed by atoms with van der Waals surface area (Å²) < 4.78 is 41.1. The molecule has 0 atom stereocenters. The molecule has 1 spiro atoms. The van der Waals surface area contributed by atoms with Crippen LogP contribution in [-0.4, -0.2) is 37.1 Å². The number of fused-ring (bicyclic) bond motifs is 2. The summed E-state index contributed by atoms with van der Waals surface area (Å²) in [6.45, 7) is 6.65. The quantitative estimate of drug-likeness (QED) is 0.531. The molecule has 3 aromatic rings. The number of sulfonamides is 1. The van der Waals surface area contributed by atoms with Crippen LogP contribution in [0, 0.1) is 12.3 Å². The van der Waals surface area contributed by atoms with Gasteiger partial charge in [0.15, 0.2) is 5.03 Å². The van der Waals surface area contributed by atoms with Crippen molar-refractivity contribution >= 4 is 15.9 Å². The first-order valence-electron chi connectivity index (χ1n) is 12.8. The Kier molecular flexibility index (Phi) is 5.88. The molecule has 1 fully saturated rings. The van der Waals surface area contributed by atoms with Gasteiger partial charge in [-0.3, -0.25) is 9.36 Å². The van der Waals surface area contributed by atoms with Crippen molar-refractivity contribution in [1.29, 1.82) is 0 Å². The molecule has 1 saturated carbocycles. The molecule has 3 aliphatic rings. The number of hydrogen-bond donors (Lipinski definition) is 1. The molecule has 37 heavy (non-hydrogen) atoms. The minimum atomic E-state index is -4.11. The highest BCUT2D eigenvalue weighted by molar-refractivity contribution is 7.90. The van der Waals surface area contributed by atoms with Crippen molar-refractivity contribution in [1.82, 2.24) is 14.3 Å². The smallest absolute Gasteiger partial charge is 0.297 e. The molecule has 0 unspecified atom stereocenters. The maximum atomic E-state index is 12.9. The summed E-state index contributed by atoms with van der Waals surface area (Å²) in [5.41, 5.74) is 7.68. The van der Waals surface area contributed by atoms with E-state index in [4.69, 9.17) is 9.47 Å². The van der Waals surface area contributed by atoms with E-state index in [0.717, 1.165) is 60.1 Å². The van der Waals surface area contributed by atoms with Crippen LogP contribution in [0.3, 0.4) is 0 Å². The van der Waals surface area contributed by atoms with Crippen molar-refractivity contribution in [2.45, 2.75) is 64.1 Å². The molecule has 1 N–H and O–H groups in total. The second-order valence-electron chi connectivity index (χ2n) is 10.6. The first-order chi connectivity index (χ1) is 17.7. The lowest BCUT2D eigenvalue weighted by atomic mass is 9.90. The minimum Gasteiger partial charge on any atom is -0.464 e. The highest BCUT2D eigenvalue weighted by Gasteiger charge is 2.47. The Morgan fingerprint density at radius 2 is 2.00 bits per heavy atom. The molecule has 8 nitrogen and oxygen atoms in total. The van der Waals surface area contributed by atoms with Crippen LogP contribution < -0.4 is 9.46 Å². The number of carbonyl (C=O) groups excluding carboxylic acids is 1. The van der Waals surface area contributed by atoms with Crippen molar-refractivity contribution in [3.63, 3.8) is 0 Å². The Morgan fingerprint density at radius 3 is 2.78 bits per heavy atom. The van der Waals surface area contributed by atoms with E-state index in [-0.39, 0.29) is 16.9 Å². The summed E-state index contributed by atoms with van der Waals surface area (Å²) in [6.07, 6.45) is 5.24. The molecular formula is C28H31N3O5S. The Morgan fingerprint density at radius 1 is 1.16 bits per heavy atom. The predicted molar refractivity (Wildman–Crippen MR) is 138 cm³/mol. The van der Waals surface area contributed by atoms with E-state index in [9.17, 15) is 13.2 Å². The van der Waals surface area contributed by atoms with Crippen LogP contribution in [0.15, 0.2) is 41.6 Å². The maximum absolute atomic E-state index is 12.9. The SMILES string of the molecule is CCc1cc(-c2ccc3c(c2)COCC3)cc(C)c1CC(=O)NS(=O)(=O)c1cn2c(n1)OCC1(CC1)C2. The molecule has 6 rings (SSSR count). The molecular weight excluding hydrogens is 490 g/mol. The van der Waals surface area contributed by atoms with Crippen LogP contribution in [0.1, 0.15) is 47.6 Å². The van der Waals surface area contributed by atoms with Crippen molar-refractivity contribution < 1.29 is 22.7 Å². The van der Waals surface area contributed by atoms with Crippen molar-refractivity contribution in [2.75, 3.05) is 13.2 Å². The van der Waals surface area contributed by atoms with E-state index < -0.39 is 15.9 Å². The van der Waals surface area contributed by atoms with Gasteiger partial charge in [0.25, 0.3) is 16.0 Å². The summed E-state index contributed by atoms with van der Waals surface area (Å²) in [6, 6.07) is 10.9. The van der Waals surface area contributed by atoms with Gasteiger partial charge in [-0.2, -0.15) is 13.4 Å². The molecule has 2 aromatic carbocycles. The molecule has 1 aromatic heterocycles. The fourth-order valence-corrected chi connectivity index (χ4v) is 6.35. The van der Waals surface area contributed by atoms with Gasteiger partial charge in [0, 0.05) is 18.2 Å². The summed E-state index contributed by atoms with van der Waals surface area (Å²) in [4.78, 5) is 17.1. The third-order valence-electron chi connectivity index (χ3n) is 7.81. The monoisotopic (exact) mass is 521 g/mol. The van der Waals surface area contributed by atoms with Gasteiger partial charge < -0.3 is 9.47 Å². The number of aromatic nitrogens is 2. The number of nitrogens with zero attached hydrogens (tertiary/aromatic N) is 2. The summed E-state index contributed by atoms with van der Waals surface area (Å²) in [5.74, 6) is -0.581. The first kappa shape index (κ1) is 24.2. The number of rotatable bonds is 6. The van der Waals surface area contributed by atoms with Gasteiger partial charge >= 0.3 is 0 Å². The largest absolute Gasteiger partial charge is 0.464 e. The molecule has 0 saturated heterocycles. The number of benzene rings is 2. The lowest BCUT2D eigenvalue weighted by Crippen LogP contribution is -2.32. The lowest BCUT2D eigenvalue weighted by Gasteiger charge is -2.22. The third kappa shape index (κ3) is 4.66. The Hall–Kier alpha value is -3.17. The second-order valence-corrected chi connectivity index (χ2v) is 12.2. The van der Waals surface area contributed by atoms with E-state index in [1.165, 1.54) is 17.3 Å². The van der Waals surface area contributed by atoms with E-state index in [1.807, 2.05) is 13.8 Å². The van der Waals surface area contributed by atoms with Crippen LogP contribution in [0.4, 0.5) is 0 Å². The average Bonchev–Trinajstić information content (AvgIpc) is 3.48. The molecule has 1 amide bonds. The first-order valence-corrected chi connectivity index (χ1v) is 14.3.